The molecule has 1 N–H and O–H groups in total. The summed E-state index contributed by atoms with van der Waals surface area (Å²) in [4.78, 5) is 30.3. The van der Waals surface area contributed by atoms with Crippen LogP contribution in [0.5, 0.6) is 5.75 Å². The number of carboxylic acids is 1. The van der Waals surface area contributed by atoms with Crippen molar-refractivity contribution in [1.29, 1.82) is 0 Å². The van der Waals surface area contributed by atoms with Crippen molar-refractivity contribution in [3.63, 3.8) is 0 Å². The number of nitrogens with zero attached hydrogens (tertiary/aromatic N) is 2. The number of benzene rings is 1. The van der Waals surface area contributed by atoms with Crippen LogP contribution in [0.1, 0.15) is 23.7 Å². The normalized spacial score (nSPS) is 19.8. The molecule has 3 rings (SSSR count). The van der Waals surface area contributed by atoms with Crippen LogP contribution in [-0.4, -0.2) is 47.1 Å². The molecule has 1 fully saturated rings. The Hall–Kier alpha value is -2.89. The summed E-state index contributed by atoms with van der Waals surface area (Å²) in [5.74, 6) is -0.741. The van der Waals surface area contributed by atoms with E-state index in [2.05, 4.69) is 4.98 Å². The third-order valence-electron chi connectivity index (χ3n) is 4.68. The summed E-state index contributed by atoms with van der Waals surface area (Å²) < 4.78 is 5.40. The molecule has 1 aromatic carbocycles. The van der Waals surface area contributed by atoms with Gasteiger partial charge in [0.05, 0.1) is 18.7 Å². The molecule has 0 saturated carbocycles. The van der Waals surface area contributed by atoms with Crippen molar-refractivity contribution < 1.29 is 19.4 Å². The zero-order valence-electron chi connectivity index (χ0n) is 14.9. The number of carboxylic acid groups (broad SMARTS) is 1. The maximum absolute atomic E-state index is 13.0. The number of carbonyl (C=O) groups excluding carboxylic acids is 1. The Morgan fingerprint density at radius 2 is 2.04 bits per heavy atom. The summed E-state index contributed by atoms with van der Waals surface area (Å²) in [5.41, 5.74) is 1.96. The summed E-state index contributed by atoms with van der Waals surface area (Å²) in [6, 6.07) is 10.8. The van der Waals surface area contributed by atoms with Crippen LogP contribution in [0.3, 0.4) is 0 Å². The molecule has 2 atom stereocenters. The summed E-state index contributed by atoms with van der Waals surface area (Å²) in [6.45, 7) is 2.78. The first-order chi connectivity index (χ1) is 12.5. The molecular weight excluding hydrogens is 332 g/mol. The van der Waals surface area contributed by atoms with Gasteiger partial charge in [0.1, 0.15) is 5.75 Å². The average molecular weight is 354 g/mol. The average Bonchev–Trinajstić information content (AvgIpc) is 2.67. The summed E-state index contributed by atoms with van der Waals surface area (Å²) in [6.07, 6.45) is 2.29. The Morgan fingerprint density at radius 1 is 1.23 bits per heavy atom. The van der Waals surface area contributed by atoms with Crippen LogP contribution in [-0.2, 0) is 4.79 Å². The monoisotopic (exact) mass is 354 g/mol. The molecule has 1 aliphatic heterocycles. The van der Waals surface area contributed by atoms with E-state index < -0.39 is 11.9 Å². The Labute approximate surface area is 152 Å². The Bertz CT molecular complexity index is 807. The molecule has 6 nitrogen and oxygen atoms in total. The lowest BCUT2D eigenvalue weighted by Crippen LogP contribution is -2.45. The van der Waals surface area contributed by atoms with Crippen LogP contribution in [0, 0.1) is 11.8 Å². The van der Waals surface area contributed by atoms with Gasteiger partial charge >= 0.3 is 5.97 Å². The molecule has 0 bridgehead atoms. The van der Waals surface area contributed by atoms with E-state index in [-0.39, 0.29) is 18.4 Å². The van der Waals surface area contributed by atoms with Gasteiger partial charge in [-0.2, -0.15) is 0 Å². The highest BCUT2D eigenvalue weighted by Gasteiger charge is 2.32. The fourth-order valence-electron chi connectivity index (χ4n) is 3.44. The summed E-state index contributed by atoms with van der Waals surface area (Å²) >= 11 is 0. The predicted molar refractivity (Wildman–Crippen MR) is 97.0 cm³/mol. The van der Waals surface area contributed by atoms with Gasteiger partial charge in [-0.3, -0.25) is 14.6 Å². The van der Waals surface area contributed by atoms with Gasteiger partial charge in [0.25, 0.3) is 5.91 Å². The van der Waals surface area contributed by atoms with Crippen molar-refractivity contribution in [2.45, 2.75) is 13.3 Å². The molecule has 2 unspecified atom stereocenters. The molecule has 0 radical (unpaired) electrons. The quantitative estimate of drug-likeness (QED) is 0.913. The van der Waals surface area contributed by atoms with Crippen molar-refractivity contribution in [2.24, 2.45) is 11.8 Å². The predicted octanol–water partition coefficient (Wildman–Crippen LogP) is 2.94. The number of aromatic nitrogens is 1. The second-order valence-electron chi connectivity index (χ2n) is 6.72. The highest BCUT2D eigenvalue weighted by atomic mass is 16.5. The van der Waals surface area contributed by atoms with E-state index in [4.69, 9.17) is 4.74 Å². The van der Waals surface area contributed by atoms with Gasteiger partial charge in [-0.15, -0.1) is 0 Å². The van der Waals surface area contributed by atoms with Crippen molar-refractivity contribution in [3.8, 4) is 17.0 Å². The Balaban J connectivity index is 1.91. The molecule has 136 valence electrons. The molecule has 2 heterocycles. The summed E-state index contributed by atoms with van der Waals surface area (Å²) in [5, 5.41) is 9.32. The number of methoxy groups -OCH3 is 1. The zero-order valence-corrected chi connectivity index (χ0v) is 14.9. The van der Waals surface area contributed by atoms with Crippen molar-refractivity contribution >= 4 is 11.9 Å². The number of amides is 1. The van der Waals surface area contributed by atoms with E-state index in [1.54, 1.807) is 36.4 Å². The van der Waals surface area contributed by atoms with Crippen LogP contribution in [0.2, 0.25) is 0 Å². The molecular formula is C20H22N2O4. The third kappa shape index (κ3) is 3.69. The van der Waals surface area contributed by atoms with Gasteiger partial charge in [-0.05, 0) is 42.7 Å². The first-order valence-electron chi connectivity index (χ1n) is 8.61. The van der Waals surface area contributed by atoms with E-state index in [1.807, 2.05) is 25.1 Å². The minimum Gasteiger partial charge on any atom is -0.496 e. The van der Waals surface area contributed by atoms with Crippen LogP contribution in [0.4, 0.5) is 0 Å². The Kier molecular flexibility index (Phi) is 5.21. The second kappa shape index (κ2) is 7.56. The molecule has 1 aliphatic rings. The molecule has 6 heteroatoms. The fourth-order valence-corrected chi connectivity index (χ4v) is 3.44. The number of carbonyl (C=O) groups is 2. The Morgan fingerprint density at radius 3 is 2.69 bits per heavy atom. The molecule has 1 saturated heterocycles. The SMILES string of the molecule is COc1ccc(C(=O)N2CC(C)CC(C(=O)O)C2)cc1-c1ccccn1. The van der Waals surface area contributed by atoms with E-state index in [1.165, 1.54) is 0 Å². The van der Waals surface area contributed by atoms with Crippen LogP contribution in [0.15, 0.2) is 42.6 Å². The van der Waals surface area contributed by atoms with Gasteiger partial charge in [0.2, 0.25) is 0 Å². The number of rotatable bonds is 4. The number of likely N-dealkylation sites (tertiary alicyclic amines) is 1. The second-order valence-corrected chi connectivity index (χ2v) is 6.72. The van der Waals surface area contributed by atoms with E-state index >= 15 is 0 Å². The minimum absolute atomic E-state index is 0.155. The van der Waals surface area contributed by atoms with Crippen LogP contribution < -0.4 is 4.74 Å². The number of pyridine rings is 1. The van der Waals surface area contributed by atoms with E-state index in [9.17, 15) is 14.7 Å². The topological polar surface area (TPSA) is 79.7 Å². The largest absolute Gasteiger partial charge is 0.496 e. The fraction of sp³-hybridized carbons (Fsp3) is 0.350. The highest BCUT2D eigenvalue weighted by Crippen LogP contribution is 2.31. The standard InChI is InChI=1S/C20H22N2O4/c1-13-9-15(20(24)25)12-22(11-13)19(23)14-6-7-18(26-2)16(10-14)17-5-3-4-8-21-17/h3-8,10,13,15H,9,11-12H2,1-2H3,(H,24,25). The molecule has 2 aromatic rings. The van der Waals surface area contributed by atoms with Gasteiger partial charge in [-0.25, -0.2) is 0 Å². The number of hydrogen-bond acceptors (Lipinski definition) is 4. The highest BCUT2D eigenvalue weighted by molar-refractivity contribution is 5.96. The van der Waals surface area contributed by atoms with Gasteiger partial charge < -0.3 is 14.7 Å². The van der Waals surface area contributed by atoms with Crippen LogP contribution in [0.25, 0.3) is 11.3 Å². The third-order valence-corrected chi connectivity index (χ3v) is 4.68. The number of hydrogen-bond donors (Lipinski definition) is 1. The van der Waals surface area contributed by atoms with Crippen LogP contribution >= 0.6 is 0 Å². The summed E-state index contributed by atoms with van der Waals surface area (Å²) in [7, 11) is 1.58. The lowest BCUT2D eigenvalue weighted by molar-refractivity contribution is -0.143. The van der Waals surface area contributed by atoms with Gasteiger partial charge in [0, 0.05) is 30.4 Å². The first-order valence-corrected chi connectivity index (χ1v) is 8.61. The first kappa shape index (κ1) is 17.9. The van der Waals surface area contributed by atoms with Gasteiger partial charge in [0.15, 0.2) is 0 Å². The number of aliphatic carboxylic acids is 1. The molecule has 26 heavy (non-hydrogen) atoms. The molecule has 1 aromatic heterocycles. The lowest BCUT2D eigenvalue weighted by atomic mass is 9.90. The lowest BCUT2D eigenvalue weighted by Gasteiger charge is -2.34. The maximum atomic E-state index is 13.0. The van der Waals surface area contributed by atoms with Crippen molar-refractivity contribution in [2.75, 3.05) is 20.2 Å². The van der Waals surface area contributed by atoms with Gasteiger partial charge in [-0.1, -0.05) is 13.0 Å². The van der Waals surface area contributed by atoms with E-state index in [0.29, 0.717) is 24.3 Å². The molecule has 0 spiro atoms. The smallest absolute Gasteiger partial charge is 0.308 e. The minimum atomic E-state index is -0.849. The number of ether oxygens (including phenoxy) is 1. The zero-order chi connectivity index (χ0) is 18.7. The molecule has 1 amide bonds. The van der Waals surface area contributed by atoms with E-state index in [0.717, 1.165) is 11.3 Å². The number of piperidine rings is 1. The molecule has 0 aliphatic carbocycles. The van der Waals surface area contributed by atoms with Crippen molar-refractivity contribution in [3.05, 3.63) is 48.2 Å². The van der Waals surface area contributed by atoms with Crippen molar-refractivity contribution in [1.82, 2.24) is 9.88 Å². The maximum Gasteiger partial charge on any atom is 0.308 e.